The van der Waals surface area contributed by atoms with E-state index in [1.54, 1.807) is 12.3 Å². The predicted molar refractivity (Wildman–Crippen MR) is 145 cm³/mol. The number of allylic oxidation sites excluding steroid dienone is 5. The third-order valence-corrected chi connectivity index (χ3v) is 7.26. The van der Waals surface area contributed by atoms with E-state index in [0.717, 1.165) is 39.2 Å². The number of benzene rings is 2. The molecule has 0 fully saturated rings. The summed E-state index contributed by atoms with van der Waals surface area (Å²) in [6, 6.07) is 12.4. The molecule has 1 aliphatic carbocycles. The summed E-state index contributed by atoms with van der Waals surface area (Å²) < 4.78 is 27.1. The highest BCUT2D eigenvalue weighted by molar-refractivity contribution is 6.33. The fourth-order valence-corrected chi connectivity index (χ4v) is 5.27. The summed E-state index contributed by atoms with van der Waals surface area (Å²) >= 11 is 6.37. The molecular formula is C29H19ClFN5O3. The van der Waals surface area contributed by atoms with Gasteiger partial charge in [-0.15, -0.1) is 0 Å². The van der Waals surface area contributed by atoms with Crippen molar-refractivity contribution in [2.24, 2.45) is 0 Å². The Morgan fingerprint density at radius 1 is 1.18 bits per heavy atom. The molecule has 2 aliphatic rings. The third-order valence-electron chi connectivity index (χ3n) is 6.98. The van der Waals surface area contributed by atoms with Crippen molar-refractivity contribution in [1.82, 2.24) is 24.7 Å². The first-order chi connectivity index (χ1) is 19.0. The highest BCUT2D eigenvalue weighted by atomic mass is 35.5. The average Bonchev–Trinajstić information content (AvgIpc) is 3.44. The largest absolute Gasteiger partial charge is 0.488 e. The first kappa shape index (κ1) is 23.4. The molecular weight excluding hydrogens is 521 g/mol. The Bertz CT molecular complexity index is 1960. The summed E-state index contributed by atoms with van der Waals surface area (Å²) in [5.74, 6) is 0.452. The molecule has 0 radical (unpaired) electrons. The molecule has 0 saturated heterocycles. The van der Waals surface area contributed by atoms with Crippen LogP contribution in [-0.2, 0) is 13.2 Å². The minimum absolute atomic E-state index is 0.229. The number of rotatable bonds is 4. The minimum Gasteiger partial charge on any atom is -0.488 e. The minimum atomic E-state index is -0.653. The number of nitrogens with zero attached hydrogens (tertiary/aromatic N) is 4. The number of halogens is 2. The molecule has 4 heterocycles. The van der Waals surface area contributed by atoms with Gasteiger partial charge in [0.25, 0.3) is 0 Å². The Kier molecular flexibility index (Phi) is 5.34. The number of pyridine rings is 1. The first-order valence-electron chi connectivity index (χ1n) is 12.2. The molecule has 39 heavy (non-hydrogen) atoms. The second kappa shape index (κ2) is 8.92. The zero-order chi connectivity index (χ0) is 26.7. The SMILES string of the molecule is C/C(=C1\c2ccc(Cn3c(C4=CC=C4)nc4c(Cl)nccc43)cc2COc2cc(F)ccc21)c1noc(=O)[nH]1. The van der Waals surface area contributed by atoms with Crippen LogP contribution in [-0.4, -0.2) is 24.7 Å². The van der Waals surface area contributed by atoms with Gasteiger partial charge in [-0.05, 0) is 53.5 Å². The lowest BCUT2D eigenvalue weighted by Gasteiger charge is -2.16. The van der Waals surface area contributed by atoms with Gasteiger partial charge in [-0.3, -0.25) is 9.51 Å². The van der Waals surface area contributed by atoms with Gasteiger partial charge in [-0.25, -0.2) is 19.2 Å². The molecule has 7 rings (SSSR count). The van der Waals surface area contributed by atoms with Crippen LogP contribution in [0.2, 0.25) is 5.15 Å². The molecule has 0 spiro atoms. The Morgan fingerprint density at radius 2 is 2.03 bits per heavy atom. The van der Waals surface area contributed by atoms with Crippen LogP contribution in [0.1, 0.15) is 40.8 Å². The molecule has 1 N–H and O–H groups in total. The van der Waals surface area contributed by atoms with Crippen molar-refractivity contribution in [3.05, 3.63) is 122 Å². The topological polar surface area (TPSA) is 98.8 Å². The third kappa shape index (κ3) is 3.90. The standard InChI is InChI=1S/C29H19ClFN5O3/c1-15(27-34-29(37)39-35-27)24-20-7-5-16(11-18(20)14-38-23-12-19(31)6-8-21(23)24)13-36-22-9-10-32-26(30)25(22)33-28(36)17-3-2-4-17/h2-12H,13-14H2,1H3,(H,34,35,37)/b24-15-. The number of aromatic amines is 1. The van der Waals surface area contributed by atoms with Gasteiger partial charge < -0.3 is 9.30 Å². The van der Waals surface area contributed by atoms with Crippen LogP contribution in [0.5, 0.6) is 5.75 Å². The van der Waals surface area contributed by atoms with Gasteiger partial charge in [-0.1, -0.05) is 47.1 Å². The van der Waals surface area contributed by atoms with E-state index in [0.29, 0.717) is 39.9 Å². The Balaban J connectivity index is 1.37. The van der Waals surface area contributed by atoms with Gasteiger partial charge in [0, 0.05) is 35.5 Å². The lowest BCUT2D eigenvalue weighted by Crippen LogP contribution is -2.07. The maximum atomic E-state index is 14.2. The van der Waals surface area contributed by atoms with Gasteiger partial charge in [0.15, 0.2) is 11.0 Å². The smallest absolute Gasteiger partial charge is 0.439 e. The highest BCUT2D eigenvalue weighted by Gasteiger charge is 2.25. The molecule has 192 valence electrons. The number of nitrogens with one attached hydrogen (secondary N) is 1. The zero-order valence-electron chi connectivity index (χ0n) is 20.5. The summed E-state index contributed by atoms with van der Waals surface area (Å²) in [6.07, 6.45) is 7.66. The van der Waals surface area contributed by atoms with Crippen molar-refractivity contribution < 1.29 is 13.7 Å². The van der Waals surface area contributed by atoms with Crippen LogP contribution in [0.4, 0.5) is 4.39 Å². The molecule has 10 heteroatoms. The second-order valence-electron chi connectivity index (χ2n) is 9.34. The van der Waals surface area contributed by atoms with Crippen molar-refractivity contribution in [3.8, 4) is 5.75 Å². The number of ether oxygens (including phenoxy) is 1. The normalized spacial score (nSPS) is 15.2. The Morgan fingerprint density at radius 3 is 2.79 bits per heavy atom. The van der Waals surface area contributed by atoms with E-state index in [9.17, 15) is 9.18 Å². The van der Waals surface area contributed by atoms with Gasteiger partial charge in [-0.2, -0.15) is 0 Å². The fraction of sp³-hybridized carbons (Fsp3) is 0.103. The summed E-state index contributed by atoms with van der Waals surface area (Å²) in [7, 11) is 0. The lowest BCUT2D eigenvalue weighted by atomic mass is 9.89. The van der Waals surface area contributed by atoms with E-state index in [-0.39, 0.29) is 6.61 Å². The van der Waals surface area contributed by atoms with Crippen molar-refractivity contribution in [1.29, 1.82) is 0 Å². The molecule has 2 aromatic carbocycles. The van der Waals surface area contributed by atoms with E-state index < -0.39 is 11.6 Å². The van der Waals surface area contributed by atoms with Crippen LogP contribution in [0.3, 0.4) is 0 Å². The van der Waals surface area contributed by atoms with Crippen molar-refractivity contribution in [2.75, 3.05) is 0 Å². The molecule has 0 unspecified atom stereocenters. The zero-order valence-corrected chi connectivity index (χ0v) is 21.3. The molecule has 3 aromatic heterocycles. The van der Waals surface area contributed by atoms with Crippen LogP contribution >= 0.6 is 11.6 Å². The summed E-state index contributed by atoms with van der Waals surface area (Å²) in [4.78, 5) is 23.3. The summed E-state index contributed by atoms with van der Waals surface area (Å²) in [6.45, 7) is 2.59. The predicted octanol–water partition coefficient (Wildman–Crippen LogP) is 5.77. The van der Waals surface area contributed by atoms with Gasteiger partial charge in [0.1, 0.15) is 29.5 Å². The number of H-pyrrole nitrogens is 1. The summed E-state index contributed by atoms with van der Waals surface area (Å²) in [5, 5.41) is 4.23. The number of fused-ring (bicyclic) bond motifs is 3. The van der Waals surface area contributed by atoms with Gasteiger partial charge >= 0.3 is 5.76 Å². The molecule has 0 atom stereocenters. The van der Waals surface area contributed by atoms with Crippen LogP contribution in [0.15, 0.2) is 76.2 Å². The number of hydrogen-bond donors (Lipinski definition) is 1. The lowest BCUT2D eigenvalue weighted by molar-refractivity contribution is 0.305. The van der Waals surface area contributed by atoms with Crippen LogP contribution in [0.25, 0.3) is 27.8 Å². The molecule has 1 aliphatic heterocycles. The van der Waals surface area contributed by atoms with E-state index in [2.05, 4.69) is 25.8 Å². The second-order valence-corrected chi connectivity index (χ2v) is 9.69. The van der Waals surface area contributed by atoms with E-state index in [1.807, 2.05) is 43.4 Å². The van der Waals surface area contributed by atoms with Crippen molar-refractivity contribution in [3.63, 3.8) is 0 Å². The quantitative estimate of drug-likeness (QED) is 0.291. The molecule has 8 nitrogen and oxygen atoms in total. The van der Waals surface area contributed by atoms with Gasteiger partial charge in [0.2, 0.25) is 0 Å². The number of imidazole rings is 1. The van der Waals surface area contributed by atoms with Crippen LogP contribution in [0, 0.1) is 5.82 Å². The first-order valence-corrected chi connectivity index (χ1v) is 12.6. The number of hydrogen-bond acceptors (Lipinski definition) is 6. The van der Waals surface area contributed by atoms with Crippen molar-refractivity contribution >= 4 is 39.4 Å². The molecule has 0 bridgehead atoms. The maximum absolute atomic E-state index is 14.2. The molecule has 0 saturated carbocycles. The highest BCUT2D eigenvalue weighted by Crippen LogP contribution is 2.41. The van der Waals surface area contributed by atoms with E-state index >= 15 is 0 Å². The van der Waals surface area contributed by atoms with E-state index in [4.69, 9.17) is 25.8 Å². The van der Waals surface area contributed by atoms with Crippen molar-refractivity contribution in [2.45, 2.75) is 20.1 Å². The summed E-state index contributed by atoms with van der Waals surface area (Å²) in [5.41, 5.74) is 7.47. The Hall–Kier alpha value is -4.76. The fourth-order valence-electron chi connectivity index (χ4n) is 5.07. The average molecular weight is 540 g/mol. The van der Waals surface area contributed by atoms with Gasteiger partial charge in [0.05, 0.1) is 5.52 Å². The monoisotopic (exact) mass is 539 g/mol. The van der Waals surface area contributed by atoms with E-state index in [1.165, 1.54) is 12.1 Å². The van der Waals surface area contributed by atoms with Crippen LogP contribution < -0.4 is 10.5 Å². The molecule has 0 amide bonds. The molecule has 5 aromatic rings. The number of aromatic nitrogens is 5. The Labute approximate surface area is 225 Å². The maximum Gasteiger partial charge on any atom is 0.439 e.